The molecular formula is C9H13N3O2. The van der Waals surface area contributed by atoms with E-state index in [1.807, 2.05) is 0 Å². The maximum absolute atomic E-state index is 11.5. The predicted molar refractivity (Wildman–Crippen MR) is 49.4 cm³/mol. The molecule has 1 aliphatic heterocycles. The molecule has 0 bridgehead atoms. The van der Waals surface area contributed by atoms with Crippen LogP contribution in [-0.2, 0) is 11.3 Å². The number of likely N-dealkylation sites (tertiary alicyclic amines) is 1. The number of rotatable bonds is 3. The zero-order chi connectivity index (χ0) is 9.97. The standard InChI is InChI=1S/C9H13N3O2/c13-7-8-4-11(5-8)9(14)6-12-3-1-2-10-12/h1-3,8,13H,4-7H2. The molecule has 1 aromatic rings. The van der Waals surface area contributed by atoms with Crippen molar-refractivity contribution in [2.75, 3.05) is 19.7 Å². The van der Waals surface area contributed by atoms with Gasteiger partial charge in [0.05, 0.1) is 0 Å². The number of nitrogens with zero attached hydrogens (tertiary/aromatic N) is 3. The monoisotopic (exact) mass is 195 g/mol. The van der Waals surface area contributed by atoms with Crippen LogP contribution in [0, 0.1) is 5.92 Å². The molecule has 2 heterocycles. The maximum atomic E-state index is 11.5. The van der Waals surface area contributed by atoms with Crippen LogP contribution in [0.2, 0.25) is 0 Å². The van der Waals surface area contributed by atoms with Crippen molar-refractivity contribution in [2.45, 2.75) is 6.54 Å². The molecule has 5 nitrogen and oxygen atoms in total. The van der Waals surface area contributed by atoms with Gasteiger partial charge in [0.2, 0.25) is 5.91 Å². The van der Waals surface area contributed by atoms with E-state index < -0.39 is 0 Å². The van der Waals surface area contributed by atoms with Gasteiger partial charge < -0.3 is 10.0 Å². The molecule has 1 aromatic heterocycles. The predicted octanol–water partition coefficient (Wildman–Crippen LogP) is -0.666. The van der Waals surface area contributed by atoms with Crippen LogP contribution in [0.4, 0.5) is 0 Å². The largest absolute Gasteiger partial charge is 0.396 e. The molecule has 1 fully saturated rings. The first-order chi connectivity index (χ1) is 6.79. The summed E-state index contributed by atoms with van der Waals surface area (Å²) in [6.07, 6.45) is 3.42. The molecule has 0 aliphatic carbocycles. The number of hydrogen-bond acceptors (Lipinski definition) is 3. The fourth-order valence-corrected chi connectivity index (χ4v) is 1.52. The minimum Gasteiger partial charge on any atom is -0.396 e. The van der Waals surface area contributed by atoms with E-state index in [1.54, 1.807) is 28.0 Å². The average Bonchev–Trinajstić information content (AvgIpc) is 2.54. The summed E-state index contributed by atoms with van der Waals surface area (Å²) in [6.45, 7) is 1.82. The quantitative estimate of drug-likeness (QED) is 0.696. The Morgan fingerprint density at radius 3 is 2.93 bits per heavy atom. The highest BCUT2D eigenvalue weighted by atomic mass is 16.3. The minimum absolute atomic E-state index is 0.0680. The van der Waals surface area contributed by atoms with Crippen molar-refractivity contribution in [1.29, 1.82) is 0 Å². The van der Waals surface area contributed by atoms with E-state index in [0.29, 0.717) is 19.6 Å². The highest BCUT2D eigenvalue weighted by Crippen LogP contribution is 2.14. The van der Waals surface area contributed by atoms with E-state index >= 15 is 0 Å². The summed E-state index contributed by atoms with van der Waals surface area (Å²) in [7, 11) is 0. The number of carbonyl (C=O) groups excluding carboxylic acids is 1. The number of aliphatic hydroxyl groups is 1. The molecule has 0 saturated carbocycles. The third-order valence-electron chi connectivity index (χ3n) is 2.42. The van der Waals surface area contributed by atoms with Gasteiger partial charge in [-0.05, 0) is 6.07 Å². The Morgan fingerprint density at radius 1 is 1.57 bits per heavy atom. The van der Waals surface area contributed by atoms with Crippen LogP contribution in [0.15, 0.2) is 18.5 Å². The van der Waals surface area contributed by atoms with E-state index in [4.69, 9.17) is 5.11 Å². The summed E-state index contributed by atoms with van der Waals surface area (Å²) < 4.78 is 1.61. The zero-order valence-electron chi connectivity index (χ0n) is 7.83. The van der Waals surface area contributed by atoms with E-state index in [0.717, 1.165) is 0 Å². The summed E-state index contributed by atoms with van der Waals surface area (Å²) in [5.41, 5.74) is 0. The van der Waals surface area contributed by atoms with Crippen molar-refractivity contribution in [3.63, 3.8) is 0 Å². The molecule has 1 saturated heterocycles. The second-order valence-corrected chi connectivity index (χ2v) is 3.55. The fraction of sp³-hybridized carbons (Fsp3) is 0.556. The molecule has 1 N–H and O–H groups in total. The smallest absolute Gasteiger partial charge is 0.244 e. The highest BCUT2D eigenvalue weighted by Gasteiger charge is 2.29. The molecule has 1 aliphatic rings. The van der Waals surface area contributed by atoms with Gasteiger partial charge in [0.25, 0.3) is 0 Å². The lowest BCUT2D eigenvalue weighted by molar-refractivity contribution is -0.139. The molecule has 14 heavy (non-hydrogen) atoms. The van der Waals surface area contributed by atoms with Crippen LogP contribution in [0.3, 0.4) is 0 Å². The zero-order valence-corrected chi connectivity index (χ0v) is 7.83. The minimum atomic E-state index is 0.0680. The topological polar surface area (TPSA) is 58.4 Å². The summed E-state index contributed by atoms with van der Waals surface area (Å²) in [5.74, 6) is 0.343. The second-order valence-electron chi connectivity index (χ2n) is 3.55. The van der Waals surface area contributed by atoms with Crippen LogP contribution in [0.5, 0.6) is 0 Å². The first kappa shape index (κ1) is 9.21. The lowest BCUT2D eigenvalue weighted by atomic mass is 10.0. The molecule has 76 valence electrons. The summed E-state index contributed by atoms with van der Waals surface area (Å²) in [4.78, 5) is 13.3. The molecule has 0 unspecified atom stereocenters. The van der Waals surface area contributed by atoms with Crippen LogP contribution in [-0.4, -0.2) is 45.4 Å². The van der Waals surface area contributed by atoms with Gasteiger partial charge in [-0.15, -0.1) is 0 Å². The van der Waals surface area contributed by atoms with Gasteiger partial charge in [0.1, 0.15) is 6.54 Å². The highest BCUT2D eigenvalue weighted by molar-refractivity contribution is 5.76. The number of amides is 1. The Hall–Kier alpha value is -1.36. The number of aliphatic hydroxyl groups excluding tert-OH is 1. The molecule has 0 radical (unpaired) electrons. The van der Waals surface area contributed by atoms with Crippen molar-refractivity contribution in [1.82, 2.24) is 14.7 Å². The lowest BCUT2D eigenvalue weighted by Gasteiger charge is -2.38. The van der Waals surface area contributed by atoms with Gasteiger partial charge in [0, 0.05) is 38.0 Å². The molecule has 5 heteroatoms. The van der Waals surface area contributed by atoms with Gasteiger partial charge in [-0.2, -0.15) is 5.10 Å². The Bertz CT molecular complexity index is 304. The molecule has 0 atom stereocenters. The molecule has 0 aromatic carbocycles. The van der Waals surface area contributed by atoms with Crippen molar-refractivity contribution < 1.29 is 9.90 Å². The average molecular weight is 195 g/mol. The van der Waals surface area contributed by atoms with E-state index in [2.05, 4.69) is 5.10 Å². The lowest BCUT2D eigenvalue weighted by Crippen LogP contribution is -2.52. The van der Waals surface area contributed by atoms with Crippen LogP contribution >= 0.6 is 0 Å². The van der Waals surface area contributed by atoms with Crippen molar-refractivity contribution in [2.24, 2.45) is 5.92 Å². The summed E-state index contributed by atoms with van der Waals surface area (Å²) in [6, 6.07) is 1.79. The van der Waals surface area contributed by atoms with Gasteiger partial charge in [-0.1, -0.05) is 0 Å². The Morgan fingerprint density at radius 2 is 2.36 bits per heavy atom. The summed E-state index contributed by atoms with van der Waals surface area (Å²) in [5, 5.41) is 12.7. The van der Waals surface area contributed by atoms with Crippen LogP contribution < -0.4 is 0 Å². The fourth-order valence-electron chi connectivity index (χ4n) is 1.52. The number of aromatic nitrogens is 2. The molecule has 2 rings (SSSR count). The molecule has 1 amide bonds. The molecular weight excluding hydrogens is 182 g/mol. The van der Waals surface area contributed by atoms with Crippen molar-refractivity contribution >= 4 is 5.91 Å². The summed E-state index contributed by atoms with van der Waals surface area (Å²) >= 11 is 0. The van der Waals surface area contributed by atoms with Gasteiger partial charge >= 0.3 is 0 Å². The number of hydrogen-bond donors (Lipinski definition) is 1. The molecule has 0 spiro atoms. The second kappa shape index (κ2) is 3.79. The Balaban J connectivity index is 1.80. The maximum Gasteiger partial charge on any atom is 0.244 e. The first-order valence-electron chi connectivity index (χ1n) is 4.65. The van der Waals surface area contributed by atoms with Gasteiger partial charge in [-0.3, -0.25) is 9.48 Å². The van der Waals surface area contributed by atoms with Gasteiger partial charge in [-0.25, -0.2) is 0 Å². The van der Waals surface area contributed by atoms with Gasteiger partial charge in [0.15, 0.2) is 0 Å². The number of carbonyl (C=O) groups is 1. The Labute approximate surface area is 81.9 Å². The van der Waals surface area contributed by atoms with E-state index in [9.17, 15) is 4.79 Å². The van der Waals surface area contributed by atoms with Crippen LogP contribution in [0.25, 0.3) is 0 Å². The van der Waals surface area contributed by atoms with E-state index in [-0.39, 0.29) is 18.4 Å². The van der Waals surface area contributed by atoms with Crippen molar-refractivity contribution in [3.05, 3.63) is 18.5 Å². The Kier molecular flexibility index (Phi) is 2.49. The van der Waals surface area contributed by atoms with E-state index in [1.165, 1.54) is 0 Å². The van der Waals surface area contributed by atoms with Crippen LogP contribution in [0.1, 0.15) is 0 Å². The normalized spacial score (nSPS) is 16.8. The van der Waals surface area contributed by atoms with Crippen molar-refractivity contribution in [3.8, 4) is 0 Å². The SMILES string of the molecule is O=C(Cn1cccn1)N1CC(CO)C1. The third kappa shape index (κ3) is 1.77. The third-order valence-corrected chi connectivity index (χ3v) is 2.42. The first-order valence-corrected chi connectivity index (χ1v) is 4.65.